The van der Waals surface area contributed by atoms with E-state index in [1.165, 1.54) is 31.3 Å². The highest BCUT2D eigenvalue weighted by Gasteiger charge is 2.50. The van der Waals surface area contributed by atoms with Gasteiger partial charge in [0.15, 0.2) is 0 Å². The molecule has 0 heterocycles. The fraction of sp³-hybridized carbons (Fsp3) is 0.704. The van der Waals surface area contributed by atoms with E-state index in [0.717, 1.165) is 12.0 Å². The minimum Gasteiger partial charge on any atom is -0.388 e. The molecule has 3 aliphatic rings. The molecule has 0 aliphatic heterocycles. The Bertz CT molecular complexity index is 740. The summed E-state index contributed by atoms with van der Waals surface area (Å²) in [5.74, 6) is 1.46. The van der Waals surface area contributed by atoms with Crippen LogP contribution in [0.3, 0.4) is 0 Å². The van der Waals surface area contributed by atoms with Gasteiger partial charge in [-0.25, -0.2) is 0 Å². The molecule has 4 heteroatoms. The summed E-state index contributed by atoms with van der Waals surface area (Å²) in [5, 5.41) is 40.4. The number of fused-ring (bicyclic) bond motifs is 1. The summed E-state index contributed by atoms with van der Waals surface area (Å²) in [6.45, 7) is 11.7. The third kappa shape index (κ3) is 5.24. The maximum Gasteiger partial charge on any atom is 0.100 e. The van der Waals surface area contributed by atoms with Crippen LogP contribution in [-0.4, -0.2) is 44.3 Å². The second kappa shape index (κ2) is 9.35. The highest BCUT2D eigenvalue weighted by molar-refractivity contribution is 5.29. The molecular formula is C27H42O4. The first-order chi connectivity index (χ1) is 14.4. The van der Waals surface area contributed by atoms with Crippen LogP contribution in [0.15, 0.2) is 47.6 Å². The van der Waals surface area contributed by atoms with E-state index in [0.29, 0.717) is 36.2 Å². The molecule has 0 bridgehead atoms. The van der Waals surface area contributed by atoms with Crippen molar-refractivity contribution in [3.8, 4) is 0 Å². The Morgan fingerprint density at radius 2 is 1.74 bits per heavy atom. The van der Waals surface area contributed by atoms with Crippen molar-refractivity contribution in [3.63, 3.8) is 0 Å². The zero-order chi connectivity index (χ0) is 23.0. The number of hydrogen-bond acceptors (Lipinski definition) is 4. The topological polar surface area (TPSA) is 80.9 Å². The van der Waals surface area contributed by atoms with Crippen LogP contribution in [0, 0.1) is 23.2 Å². The summed E-state index contributed by atoms with van der Waals surface area (Å²) in [7, 11) is 0. The van der Waals surface area contributed by atoms with E-state index < -0.39 is 23.9 Å². The fourth-order valence-corrected chi connectivity index (χ4v) is 6.22. The van der Waals surface area contributed by atoms with Gasteiger partial charge in [0.2, 0.25) is 0 Å². The smallest absolute Gasteiger partial charge is 0.100 e. The van der Waals surface area contributed by atoms with E-state index in [-0.39, 0.29) is 5.41 Å². The number of aliphatic hydroxyl groups is 4. The number of aliphatic hydroxyl groups excluding tert-OH is 3. The summed E-state index contributed by atoms with van der Waals surface area (Å²) < 4.78 is 0. The number of rotatable bonds is 5. The van der Waals surface area contributed by atoms with Gasteiger partial charge in [0.05, 0.1) is 17.8 Å². The van der Waals surface area contributed by atoms with Crippen LogP contribution in [0.5, 0.6) is 0 Å². The largest absolute Gasteiger partial charge is 0.388 e. The second-order valence-electron chi connectivity index (χ2n) is 11.0. The Labute approximate surface area is 188 Å². The SMILES string of the molecule is C=C1[C@H](O)CC(=C/C=C2\CCC[C@]3(C)[C@@H]([C@H](C)/C=C/[C@@H](O)C(C)(C)O)CC[C@@H]23)C[C@H]1O. The summed E-state index contributed by atoms with van der Waals surface area (Å²) in [6.07, 6.45) is 13.1. The maximum absolute atomic E-state index is 10.2. The van der Waals surface area contributed by atoms with Gasteiger partial charge in [-0.1, -0.05) is 55.9 Å². The Morgan fingerprint density at radius 3 is 2.35 bits per heavy atom. The molecule has 0 aromatic heterocycles. The molecule has 3 aliphatic carbocycles. The molecule has 0 radical (unpaired) electrons. The second-order valence-corrected chi connectivity index (χ2v) is 11.0. The minimum atomic E-state index is -1.13. The summed E-state index contributed by atoms with van der Waals surface area (Å²) in [5.41, 5.74) is 2.25. The quantitative estimate of drug-likeness (QED) is 0.486. The molecule has 4 N–H and O–H groups in total. The lowest BCUT2D eigenvalue weighted by Gasteiger charge is -2.44. The summed E-state index contributed by atoms with van der Waals surface area (Å²) >= 11 is 0. The molecule has 3 saturated carbocycles. The van der Waals surface area contributed by atoms with Crippen LogP contribution >= 0.6 is 0 Å². The van der Waals surface area contributed by atoms with Crippen molar-refractivity contribution in [2.45, 2.75) is 96.6 Å². The Kier molecular flexibility index (Phi) is 7.37. The van der Waals surface area contributed by atoms with Gasteiger partial charge in [-0.3, -0.25) is 0 Å². The average molecular weight is 431 g/mol. The van der Waals surface area contributed by atoms with E-state index in [1.807, 2.05) is 0 Å². The molecule has 7 atom stereocenters. The zero-order valence-corrected chi connectivity index (χ0v) is 19.7. The molecule has 0 amide bonds. The molecule has 3 fully saturated rings. The molecule has 0 unspecified atom stereocenters. The summed E-state index contributed by atoms with van der Waals surface area (Å²) in [6, 6.07) is 0. The molecule has 174 valence electrons. The molecular weight excluding hydrogens is 388 g/mol. The molecule has 0 spiro atoms. The minimum absolute atomic E-state index is 0.242. The summed E-state index contributed by atoms with van der Waals surface area (Å²) in [4.78, 5) is 0. The van der Waals surface area contributed by atoms with Gasteiger partial charge in [-0.2, -0.15) is 0 Å². The third-order valence-corrected chi connectivity index (χ3v) is 8.29. The number of allylic oxidation sites excluding steroid dienone is 4. The third-order valence-electron chi connectivity index (χ3n) is 8.29. The molecule has 0 aromatic carbocycles. The fourth-order valence-electron chi connectivity index (χ4n) is 6.22. The first-order valence-corrected chi connectivity index (χ1v) is 12.0. The highest BCUT2D eigenvalue weighted by Crippen LogP contribution is 2.59. The van der Waals surface area contributed by atoms with Gasteiger partial charge in [0.1, 0.15) is 6.10 Å². The predicted molar refractivity (Wildman–Crippen MR) is 125 cm³/mol. The number of hydrogen-bond donors (Lipinski definition) is 4. The van der Waals surface area contributed by atoms with Crippen molar-refractivity contribution in [2.24, 2.45) is 23.2 Å². The molecule has 3 rings (SSSR count). The lowest BCUT2D eigenvalue weighted by Crippen LogP contribution is -2.36. The van der Waals surface area contributed by atoms with Crippen LogP contribution in [0.2, 0.25) is 0 Å². The van der Waals surface area contributed by atoms with Gasteiger partial charge in [0.25, 0.3) is 0 Å². The maximum atomic E-state index is 10.2. The van der Waals surface area contributed by atoms with Crippen molar-refractivity contribution in [1.29, 1.82) is 0 Å². The van der Waals surface area contributed by atoms with Crippen LogP contribution < -0.4 is 0 Å². The lowest BCUT2D eigenvalue weighted by molar-refractivity contribution is -0.0229. The monoisotopic (exact) mass is 430 g/mol. The average Bonchev–Trinajstić information content (AvgIpc) is 3.05. The van der Waals surface area contributed by atoms with Gasteiger partial charge in [-0.05, 0) is 87.5 Å². The molecule has 4 nitrogen and oxygen atoms in total. The normalized spacial score (nSPS) is 37.9. The van der Waals surface area contributed by atoms with Crippen LogP contribution in [0.4, 0.5) is 0 Å². The Balaban J connectivity index is 1.73. The molecule has 0 saturated heterocycles. The van der Waals surface area contributed by atoms with Crippen molar-refractivity contribution in [1.82, 2.24) is 0 Å². The predicted octanol–water partition coefficient (Wildman–Crippen LogP) is 4.45. The van der Waals surface area contributed by atoms with Crippen molar-refractivity contribution in [2.75, 3.05) is 0 Å². The lowest BCUT2D eigenvalue weighted by atomic mass is 9.61. The van der Waals surface area contributed by atoms with E-state index in [4.69, 9.17) is 0 Å². The highest BCUT2D eigenvalue weighted by atomic mass is 16.3. The van der Waals surface area contributed by atoms with Crippen molar-refractivity contribution in [3.05, 3.63) is 47.6 Å². The molecule has 0 aromatic rings. The van der Waals surface area contributed by atoms with E-state index in [2.05, 4.69) is 38.7 Å². The van der Waals surface area contributed by atoms with E-state index >= 15 is 0 Å². The Morgan fingerprint density at radius 1 is 1.10 bits per heavy atom. The van der Waals surface area contributed by atoms with Crippen molar-refractivity contribution >= 4 is 0 Å². The van der Waals surface area contributed by atoms with E-state index in [9.17, 15) is 20.4 Å². The van der Waals surface area contributed by atoms with Crippen LogP contribution in [0.1, 0.15) is 72.6 Å². The standard InChI is InChI=1S/C27H42O4/c1-17(8-13-25(30)26(3,4)31)21-11-12-22-20(7-6-14-27(21,22)5)10-9-19-15-23(28)18(2)24(29)16-19/h8-10,13,17,21-25,28-31H,2,6-7,11-12,14-16H2,1,3-5H3/b13-8+,20-10+/t17-,21-,22+,23-,24-,25-,27-/m1/s1. The first kappa shape index (κ1) is 24.4. The molecule has 31 heavy (non-hydrogen) atoms. The Hall–Kier alpha value is -1.20. The van der Waals surface area contributed by atoms with E-state index in [1.54, 1.807) is 19.9 Å². The van der Waals surface area contributed by atoms with Crippen LogP contribution in [-0.2, 0) is 0 Å². The van der Waals surface area contributed by atoms with Gasteiger partial charge in [-0.15, -0.1) is 0 Å². The van der Waals surface area contributed by atoms with Gasteiger partial charge < -0.3 is 20.4 Å². The van der Waals surface area contributed by atoms with Gasteiger partial charge in [0, 0.05) is 0 Å². The van der Waals surface area contributed by atoms with Crippen molar-refractivity contribution < 1.29 is 20.4 Å². The van der Waals surface area contributed by atoms with Gasteiger partial charge >= 0.3 is 0 Å². The zero-order valence-electron chi connectivity index (χ0n) is 19.7. The van der Waals surface area contributed by atoms with Crippen LogP contribution in [0.25, 0.3) is 0 Å². The first-order valence-electron chi connectivity index (χ1n) is 12.0.